The topological polar surface area (TPSA) is 41.6 Å². The number of nitrogens with zero attached hydrogens (tertiary/aromatic N) is 1. The highest BCUT2D eigenvalue weighted by Gasteiger charge is 2.16. The van der Waals surface area contributed by atoms with Gasteiger partial charge >= 0.3 is 0 Å². The van der Waals surface area contributed by atoms with Crippen LogP contribution < -0.4 is 5.32 Å². The Morgan fingerprint density at radius 2 is 2.30 bits per heavy atom. The van der Waals surface area contributed by atoms with Crippen molar-refractivity contribution in [1.82, 2.24) is 10.2 Å². The van der Waals surface area contributed by atoms with E-state index in [-0.39, 0.29) is 24.4 Å². The van der Waals surface area contributed by atoms with Crippen LogP contribution in [0.25, 0.3) is 0 Å². The minimum atomic E-state index is -0.237. The molecule has 110 valence electrons. The summed E-state index contributed by atoms with van der Waals surface area (Å²) in [5.41, 5.74) is 0.599. The number of amides is 1. The number of halogens is 1. The Balaban J connectivity index is 1.72. The fourth-order valence-corrected chi connectivity index (χ4v) is 2.31. The lowest BCUT2D eigenvalue weighted by Crippen LogP contribution is -2.38. The van der Waals surface area contributed by atoms with Crippen molar-refractivity contribution < 1.29 is 13.9 Å². The number of hydrogen-bond acceptors (Lipinski definition) is 3. The van der Waals surface area contributed by atoms with Gasteiger partial charge in [-0.05, 0) is 26.0 Å². The fraction of sp³-hybridized carbons (Fsp3) is 0.533. The Kier molecular flexibility index (Phi) is 5.49. The maximum Gasteiger partial charge on any atom is 0.234 e. The molecule has 1 fully saturated rings. The number of ether oxygens (including phenoxy) is 1. The molecule has 1 saturated heterocycles. The molecule has 0 aliphatic carbocycles. The second kappa shape index (κ2) is 7.36. The summed E-state index contributed by atoms with van der Waals surface area (Å²) in [6, 6.07) is 6.62. The van der Waals surface area contributed by atoms with E-state index < -0.39 is 0 Å². The number of nitrogens with one attached hydrogen (secondary N) is 1. The van der Waals surface area contributed by atoms with E-state index in [1.54, 1.807) is 30.1 Å². The Hall–Kier alpha value is -1.46. The maximum atomic E-state index is 13.5. The SMILES string of the molecule is CN(CC(=O)NCC1CCCO1)Cc1ccccc1F. The summed E-state index contributed by atoms with van der Waals surface area (Å²) in [5, 5.41) is 2.86. The predicted octanol–water partition coefficient (Wildman–Crippen LogP) is 1.55. The van der Waals surface area contributed by atoms with Crippen LogP contribution in [0.1, 0.15) is 18.4 Å². The lowest BCUT2D eigenvalue weighted by atomic mass is 10.2. The number of hydrogen-bond donors (Lipinski definition) is 1. The van der Waals surface area contributed by atoms with Crippen LogP contribution in [0.15, 0.2) is 24.3 Å². The minimum absolute atomic E-state index is 0.0562. The molecule has 1 aliphatic rings. The third kappa shape index (κ3) is 4.58. The molecule has 2 rings (SSSR count). The van der Waals surface area contributed by atoms with E-state index in [4.69, 9.17) is 4.74 Å². The number of likely N-dealkylation sites (N-methyl/N-ethyl adjacent to an activating group) is 1. The third-order valence-electron chi connectivity index (χ3n) is 3.36. The van der Waals surface area contributed by atoms with E-state index in [0.29, 0.717) is 18.7 Å². The molecule has 0 saturated carbocycles. The van der Waals surface area contributed by atoms with Gasteiger partial charge in [-0.2, -0.15) is 0 Å². The highest BCUT2D eigenvalue weighted by molar-refractivity contribution is 5.78. The van der Waals surface area contributed by atoms with E-state index in [9.17, 15) is 9.18 Å². The smallest absolute Gasteiger partial charge is 0.234 e. The highest BCUT2D eigenvalue weighted by atomic mass is 19.1. The fourth-order valence-electron chi connectivity index (χ4n) is 2.31. The number of carbonyl (C=O) groups excluding carboxylic acids is 1. The van der Waals surface area contributed by atoms with Crippen molar-refractivity contribution in [3.05, 3.63) is 35.6 Å². The Morgan fingerprint density at radius 3 is 3.00 bits per heavy atom. The normalized spacial score (nSPS) is 18.4. The Labute approximate surface area is 118 Å². The maximum absolute atomic E-state index is 13.5. The molecule has 1 aliphatic heterocycles. The molecule has 0 aromatic heterocycles. The van der Waals surface area contributed by atoms with E-state index in [1.165, 1.54) is 6.07 Å². The van der Waals surface area contributed by atoms with E-state index in [0.717, 1.165) is 19.4 Å². The van der Waals surface area contributed by atoms with Crippen molar-refractivity contribution in [1.29, 1.82) is 0 Å². The Bertz CT molecular complexity index is 447. The molecule has 0 spiro atoms. The predicted molar refractivity (Wildman–Crippen MR) is 74.7 cm³/mol. The first kappa shape index (κ1) is 14.9. The average molecular weight is 280 g/mol. The van der Waals surface area contributed by atoms with Gasteiger partial charge in [0, 0.05) is 25.3 Å². The molecular formula is C15H21FN2O2. The van der Waals surface area contributed by atoms with Crippen LogP contribution in [-0.4, -0.2) is 43.7 Å². The van der Waals surface area contributed by atoms with E-state index >= 15 is 0 Å². The quantitative estimate of drug-likeness (QED) is 0.859. The van der Waals surface area contributed by atoms with Crippen LogP contribution in [-0.2, 0) is 16.1 Å². The van der Waals surface area contributed by atoms with Crippen LogP contribution in [0, 0.1) is 5.82 Å². The van der Waals surface area contributed by atoms with Crippen molar-refractivity contribution in [2.75, 3.05) is 26.7 Å². The molecular weight excluding hydrogens is 259 g/mol. The van der Waals surface area contributed by atoms with Crippen molar-refractivity contribution in [2.24, 2.45) is 0 Å². The number of carbonyl (C=O) groups is 1. The molecule has 4 nitrogen and oxygen atoms in total. The van der Waals surface area contributed by atoms with Gasteiger partial charge in [0.1, 0.15) is 5.82 Å². The van der Waals surface area contributed by atoms with Gasteiger partial charge in [-0.3, -0.25) is 9.69 Å². The van der Waals surface area contributed by atoms with Crippen molar-refractivity contribution in [3.8, 4) is 0 Å². The van der Waals surface area contributed by atoms with Crippen LogP contribution in [0.4, 0.5) is 4.39 Å². The molecule has 0 bridgehead atoms. The molecule has 5 heteroatoms. The first-order valence-corrected chi connectivity index (χ1v) is 6.95. The summed E-state index contributed by atoms with van der Waals surface area (Å²) in [4.78, 5) is 13.6. The van der Waals surface area contributed by atoms with E-state index in [1.807, 2.05) is 0 Å². The zero-order chi connectivity index (χ0) is 14.4. The molecule has 1 amide bonds. The van der Waals surface area contributed by atoms with Crippen LogP contribution in [0.2, 0.25) is 0 Å². The molecule has 1 unspecified atom stereocenters. The van der Waals surface area contributed by atoms with Gasteiger partial charge in [0.2, 0.25) is 5.91 Å². The largest absolute Gasteiger partial charge is 0.376 e. The summed E-state index contributed by atoms with van der Waals surface area (Å²) in [7, 11) is 1.80. The van der Waals surface area contributed by atoms with Crippen molar-refractivity contribution >= 4 is 5.91 Å². The molecule has 1 atom stereocenters. The van der Waals surface area contributed by atoms with Crippen molar-refractivity contribution in [3.63, 3.8) is 0 Å². The first-order chi connectivity index (χ1) is 9.65. The van der Waals surface area contributed by atoms with Crippen LogP contribution >= 0.6 is 0 Å². The summed E-state index contributed by atoms with van der Waals surface area (Å²) in [6.07, 6.45) is 2.22. The highest BCUT2D eigenvalue weighted by Crippen LogP contribution is 2.11. The molecule has 1 aromatic rings. The second-order valence-electron chi connectivity index (χ2n) is 5.20. The molecule has 0 radical (unpaired) electrons. The summed E-state index contributed by atoms with van der Waals surface area (Å²) >= 11 is 0. The minimum Gasteiger partial charge on any atom is -0.376 e. The Morgan fingerprint density at radius 1 is 1.50 bits per heavy atom. The van der Waals surface area contributed by atoms with Gasteiger partial charge in [-0.1, -0.05) is 18.2 Å². The van der Waals surface area contributed by atoms with Gasteiger partial charge in [0.15, 0.2) is 0 Å². The first-order valence-electron chi connectivity index (χ1n) is 6.95. The zero-order valence-corrected chi connectivity index (χ0v) is 11.8. The lowest BCUT2D eigenvalue weighted by molar-refractivity contribution is -0.122. The molecule has 20 heavy (non-hydrogen) atoms. The second-order valence-corrected chi connectivity index (χ2v) is 5.20. The summed E-state index contributed by atoms with van der Waals surface area (Å²) in [6.45, 7) is 2.02. The van der Waals surface area contributed by atoms with Gasteiger partial charge in [-0.15, -0.1) is 0 Å². The average Bonchev–Trinajstić information content (AvgIpc) is 2.92. The van der Waals surface area contributed by atoms with Crippen LogP contribution in [0.3, 0.4) is 0 Å². The van der Waals surface area contributed by atoms with E-state index in [2.05, 4.69) is 5.32 Å². The van der Waals surface area contributed by atoms with Crippen molar-refractivity contribution in [2.45, 2.75) is 25.5 Å². The van der Waals surface area contributed by atoms with Gasteiger partial charge in [-0.25, -0.2) is 4.39 Å². The zero-order valence-electron chi connectivity index (χ0n) is 11.8. The molecule has 1 aromatic carbocycles. The number of rotatable bonds is 6. The lowest BCUT2D eigenvalue weighted by Gasteiger charge is -2.17. The van der Waals surface area contributed by atoms with Crippen LogP contribution in [0.5, 0.6) is 0 Å². The monoisotopic (exact) mass is 280 g/mol. The number of benzene rings is 1. The molecule has 1 N–H and O–H groups in total. The summed E-state index contributed by atoms with van der Waals surface area (Å²) in [5.74, 6) is -0.293. The molecule has 1 heterocycles. The standard InChI is InChI=1S/C15H21FN2O2/c1-18(10-12-5-2-3-7-14(12)16)11-15(19)17-9-13-6-4-8-20-13/h2-3,5,7,13H,4,6,8-11H2,1H3,(H,17,19). The van der Waals surface area contributed by atoms with Gasteiger partial charge in [0.25, 0.3) is 0 Å². The van der Waals surface area contributed by atoms with Gasteiger partial charge in [0.05, 0.1) is 12.6 Å². The summed E-state index contributed by atoms with van der Waals surface area (Å²) < 4.78 is 18.9. The van der Waals surface area contributed by atoms with Gasteiger partial charge < -0.3 is 10.1 Å². The third-order valence-corrected chi connectivity index (χ3v) is 3.36.